The second-order valence-corrected chi connectivity index (χ2v) is 6.26. The average Bonchev–Trinajstić information content (AvgIpc) is 2.30. The van der Waals surface area contributed by atoms with Crippen LogP contribution in [0.3, 0.4) is 0 Å². The fourth-order valence-corrected chi connectivity index (χ4v) is 2.76. The molecule has 1 N–H and O–H groups in total. The van der Waals surface area contributed by atoms with Crippen molar-refractivity contribution in [2.75, 3.05) is 6.54 Å². The number of hydrogen-bond acceptors (Lipinski definition) is 2. The van der Waals surface area contributed by atoms with Gasteiger partial charge in [-0.15, -0.1) is 11.8 Å². The maximum Gasteiger partial charge on any atom is 0.0217 e. The third kappa shape index (κ3) is 4.72. The lowest BCUT2D eigenvalue weighted by Crippen LogP contribution is -2.34. The first-order chi connectivity index (χ1) is 8.04. The standard InChI is InChI=1S/C15H25NS/c1-6-9-16-13(4)14(5)17-15-8-7-11(2)12(3)10-15/h7-8,10,13-14,16H,6,9H2,1-5H3. The van der Waals surface area contributed by atoms with Gasteiger partial charge in [0.15, 0.2) is 0 Å². The molecular formula is C15H25NS. The van der Waals surface area contributed by atoms with E-state index in [1.54, 1.807) is 0 Å². The van der Waals surface area contributed by atoms with Crippen LogP contribution in [0, 0.1) is 13.8 Å². The quantitative estimate of drug-likeness (QED) is 0.762. The molecule has 0 fully saturated rings. The van der Waals surface area contributed by atoms with Gasteiger partial charge >= 0.3 is 0 Å². The molecule has 1 rings (SSSR count). The van der Waals surface area contributed by atoms with Gasteiger partial charge in [0.2, 0.25) is 0 Å². The molecule has 0 amide bonds. The normalized spacial score (nSPS) is 14.6. The molecule has 2 atom stereocenters. The molecule has 0 saturated carbocycles. The number of hydrogen-bond donors (Lipinski definition) is 1. The number of benzene rings is 1. The third-order valence-electron chi connectivity index (χ3n) is 3.22. The molecule has 0 heterocycles. The molecular weight excluding hydrogens is 226 g/mol. The SMILES string of the molecule is CCCNC(C)C(C)Sc1ccc(C)c(C)c1. The van der Waals surface area contributed by atoms with Crippen LogP contribution in [0.1, 0.15) is 38.3 Å². The first kappa shape index (κ1) is 14.6. The molecule has 0 radical (unpaired) electrons. The van der Waals surface area contributed by atoms with Crippen molar-refractivity contribution in [3.63, 3.8) is 0 Å². The summed E-state index contributed by atoms with van der Waals surface area (Å²) in [4.78, 5) is 1.38. The first-order valence-corrected chi connectivity index (χ1v) is 7.39. The second kappa shape index (κ2) is 7.07. The summed E-state index contributed by atoms with van der Waals surface area (Å²) >= 11 is 1.96. The smallest absolute Gasteiger partial charge is 0.0217 e. The Morgan fingerprint density at radius 1 is 1.18 bits per heavy atom. The van der Waals surface area contributed by atoms with Crippen molar-refractivity contribution in [2.24, 2.45) is 0 Å². The third-order valence-corrected chi connectivity index (χ3v) is 4.53. The van der Waals surface area contributed by atoms with Crippen LogP contribution < -0.4 is 5.32 Å². The van der Waals surface area contributed by atoms with Crippen LogP contribution in [-0.2, 0) is 0 Å². The molecule has 0 saturated heterocycles. The summed E-state index contributed by atoms with van der Waals surface area (Å²) in [6.45, 7) is 12.2. The largest absolute Gasteiger partial charge is 0.313 e. The van der Waals surface area contributed by atoms with E-state index in [0.29, 0.717) is 11.3 Å². The highest BCUT2D eigenvalue weighted by atomic mass is 32.2. The van der Waals surface area contributed by atoms with Crippen LogP contribution >= 0.6 is 11.8 Å². The van der Waals surface area contributed by atoms with Crippen molar-refractivity contribution in [1.82, 2.24) is 5.32 Å². The monoisotopic (exact) mass is 251 g/mol. The molecule has 1 nitrogen and oxygen atoms in total. The molecule has 0 aromatic heterocycles. The van der Waals surface area contributed by atoms with E-state index >= 15 is 0 Å². The molecule has 1 aromatic rings. The minimum Gasteiger partial charge on any atom is -0.313 e. The molecule has 0 bridgehead atoms. The fourth-order valence-electron chi connectivity index (χ4n) is 1.64. The van der Waals surface area contributed by atoms with Gasteiger partial charge in [0.25, 0.3) is 0 Å². The van der Waals surface area contributed by atoms with Crippen molar-refractivity contribution in [3.05, 3.63) is 29.3 Å². The molecule has 0 aliphatic rings. The van der Waals surface area contributed by atoms with Gasteiger partial charge in [-0.25, -0.2) is 0 Å². The Kier molecular flexibility index (Phi) is 6.07. The van der Waals surface area contributed by atoms with Crippen molar-refractivity contribution in [1.29, 1.82) is 0 Å². The molecule has 0 aliphatic carbocycles. The molecule has 1 aromatic carbocycles. The van der Waals surface area contributed by atoms with E-state index in [1.807, 2.05) is 11.8 Å². The van der Waals surface area contributed by atoms with Crippen molar-refractivity contribution in [3.8, 4) is 0 Å². The van der Waals surface area contributed by atoms with E-state index in [1.165, 1.54) is 22.4 Å². The predicted molar refractivity (Wildman–Crippen MR) is 79.0 cm³/mol. The minimum absolute atomic E-state index is 0.557. The van der Waals surface area contributed by atoms with Gasteiger partial charge in [-0.3, -0.25) is 0 Å². The Bertz CT molecular complexity index is 349. The Morgan fingerprint density at radius 3 is 2.47 bits per heavy atom. The summed E-state index contributed by atoms with van der Waals surface area (Å²) in [7, 11) is 0. The molecule has 2 heteroatoms. The van der Waals surface area contributed by atoms with Crippen LogP contribution in [0.5, 0.6) is 0 Å². The van der Waals surface area contributed by atoms with Gasteiger partial charge in [-0.1, -0.05) is 19.9 Å². The summed E-state index contributed by atoms with van der Waals surface area (Å²) in [6.07, 6.45) is 1.20. The molecule has 96 valence electrons. The first-order valence-electron chi connectivity index (χ1n) is 6.52. The Hall–Kier alpha value is -0.470. The predicted octanol–water partition coefficient (Wildman–Crippen LogP) is 4.17. The van der Waals surface area contributed by atoms with E-state index < -0.39 is 0 Å². The number of thioether (sulfide) groups is 1. The highest BCUT2D eigenvalue weighted by Gasteiger charge is 2.12. The fraction of sp³-hybridized carbons (Fsp3) is 0.600. The van der Waals surface area contributed by atoms with Crippen LogP contribution in [0.25, 0.3) is 0 Å². The van der Waals surface area contributed by atoms with E-state index in [4.69, 9.17) is 0 Å². The Morgan fingerprint density at radius 2 is 1.88 bits per heavy atom. The second-order valence-electron chi connectivity index (χ2n) is 4.81. The van der Waals surface area contributed by atoms with Gasteiger partial charge in [0.1, 0.15) is 0 Å². The number of aryl methyl sites for hydroxylation is 2. The molecule has 0 spiro atoms. The summed E-state index contributed by atoms with van der Waals surface area (Å²) in [5.74, 6) is 0. The highest BCUT2D eigenvalue weighted by molar-refractivity contribution is 8.00. The summed E-state index contributed by atoms with van der Waals surface area (Å²) in [5.41, 5.74) is 2.76. The van der Waals surface area contributed by atoms with Crippen molar-refractivity contribution in [2.45, 2.75) is 57.2 Å². The van der Waals surface area contributed by atoms with Gasteiger partial charge in [0.05, 0.1) is 0 Å². The summed E-state index contributed by atoms with van der Waals surface area (Å²) < 4.78 is 0. The molecule has 17 heavy (non-hydrogen) atoms. The summed E-state index contributed by atoms with van der Waals surface area (Å²) in [6, 6.07) is 7.30. The Balaban J connectivity index is 2.55. The highest BCUT2D eigenvalue weighted by Crippen LogP contribution is 2.26. The zero-order valence-corrected chi connectivity index (χ0v) is 12.5. The summed E-state index contributed by atoms with van der Waals surface area (Å²) in [5, 5.41) is 4.16. The van der Waals surface area contributed by atoms with Crippen LogP contribution in [0.4, 0.5) is 0 Å². The molecule has 2 unspecified atom stereocenters. The lowest BCUT2D eigenvalue weighted by molar-refractivity contribution is 0.542. The minimum atomic E-state index is 0.557. The number of rotatable bonds is 6. The maximum atomic E-state index is 3.56. The topological polar surface area (TPSA) is 12.0 Å². The van der Waals surface area contributed by atoms with Gasteiger partial charge < -0.3 is 5.32 Å². The van der Waals surface area contributed by atoms with Crippen LogP contribution in [0.15, 0.2) is 23.1 Å². The van der Waals surface area contributed by atoms with Crippen LogP contribution in [0.2, 0.25) is 0 Å². The van der Waals surface area contributed by atoms with Crippen molar-refractivity contribution >= 4 is 11.8 Å². The van der Waals surface area contributed by atoms with E-state index in [2.05, 4.69) is 58.1 Å². The van der Waals surface area contributed by atoms with Crippen molar-refractivity contribution < 1.29 is 0 Å². The van der Waals surface area contributed by atoms with Crippen LogP contribution in [-0.4, -0.2) is 17.8 Å². The zero-order valence-electron chi connectivity index (χ0n) is 11.7. The van der Waals surface area contributed by atoms with E-state index in [0.717, 1.165) is 6.54 Å². The Labute approximate surface area is 110 Å². The van der Waals surface area contributed by atoms with Gasteiger partial charge in [0, 0.05) is 16.2 Å². The lowest BCUT2D eigenvalue weighted by atomic mass is 10.1. The molecule has 0 aliphatic heterocycles. The lowest BCUT2D eigenvalue weighted by Gasteiger charge is -2.21. The van der Waals surface area contributed by atoms with Gasteiger partial charge in [-0.2, -0.15) is 0 Å². The zero-order chi connectivity index (χ0) is 12.8. The number of nitrogens with one attached hydrogen (secondary N) is 1. The maximum absolute atomic E-state index is 3.56. The average molecular weight is 251 g/mol. The van der Waals surface area contributed by atoms with E-state index in [9.17, 15) is 0 Å². The van der Waals surface area contributed by atoms with E-state index in [-0.39, 0.29) is 0 Å². The van der Waals surface area contributed by atoms with Gasteiger partial charge in [-0.05, 0) is 57.0 Å².